The number of rotatable bonds is 3. The third-order valence-corrected chi connectivity index (χ3v) is 3.88. The maximum atomic E-state index is 12.5. The molecule has 1 aliphatic heterocycles. The van der Waals surface area contributed by atoms with E-state index in [0.717, 1.165) is 23.9 Å². The van der Waals surface area contributed by atoms with Crippen molar-refractivity contribution in [2.75, 3.05) is 12.4 Å². The van der Waals surface area contributed by atoms with Gasteiger partial charge in [0.1, 0.15) is 23.5 Å². The number of amides is 1. The van der Waals surface area contributed by atoms with Gasteiger partial charge in [0.2, 0.25) is 5.91 Å². The van der Waals surface area contributed by atoms with Crippen LogP contribution in [-0.4, -0.2) is 48.6 Å². The van der Waals surface area contributed by atoms with E-state index in [1.54, 1.807) is 12.4 Å². The van der Waals surface area contributed by atoms with E-state index in [1.807, 2.05) is 30.4 Å². The van der Waals surface area contributed by atoms with Crippen molar-refractivity contribution in [1.29, 1.82) is 0 Å². The van der Waals surface area contributed by atoms with E-state index in [0.29, 0.717) is 18.8 Å². The molecule has 2 aromatic rings. The Kier molecular flexibility index (Phi) is 3.84. The molecule has 116 valence electrons. The molecule has 0 bridgehead atoms. The molecule has 1 N–H and O–H groups in total. The normalized spacial score (nSPS) is 18.0. The molecular weight excluding hydrogens is 282 g/mol. The van der Waals surface area contributed by atoms with Crippen LogP contribution >= 0.6 is 0 Å². The van der Waals surface area contributed by atoms with Gasteiger partial charge in [0, 0.05) is 6.42 Å². The van der Waals surface area contributed by atoms with Gasteiger partial charge in [-0.2, -0.15) is 0 Å². The highest BCUT2D eigenvalue weighted by Crippen LogP contribution is 2.17. The van der Waals surface area contributed by atoms with Gasteiger partial charge in [-0.1, -0.05) is 6.92 Å². The molecule has 0 spiro atoms. The van der Waals surface area contributed by atoms with Crippen LogP contribution in [0.3, 0.4) is 0 Å². The molecule has 1 amide bonds. The molecule has 3 rings (SSSR count). The van der Waals surface area contributed by atoms with Crippen molar-refractivity contribution >= 4 is 11.6 Å². The molecule has 0 saturated carbocycles. The molecule has 2 aromatic heterocycles. The molecule has 8 nitrogen and oxygen atoms in total. The topological polar surface area (TPSA) is 88.8 Å². The van der Waals surface area contributed by atoms with Crippen LogP contribution < -0.4 is 5.32 Å². The summed E-state index contributed by atoms with van der Waals surface area (Å²) in [6.45, 7) is 5.03. The van der Waals surface area contributed by atoms with Crippen molar-refractivity contribution in [3.05, 3.63) is 29.9 Å². The minimum Gasteiger partial charge on any atom is -0.322 e. The number of aryl methyl sites for hydroxylation is 2. The van der Waals surface area contributed by atoms with Crippen LogP contribution in [0.15, 0.2) is 12.4 Å². The summed E-state index contributed by atoms with van der Waals surface area (Å²) in [6, 6.07) is -0.270. The average Bonchev–Trinajstić information content (AvgIpc) is 2.87. The Balaban J connectivity index is 1.73. The Morgan fingerprint density at radius 3 is 2.77 bits per heavy atom. The number of fused-ring (bicyclic) bond motifs is 1. The van der Waals surface area contributed by atoms with Crippen LogP contribution in [0.5, 0.6) is 0 Å². The number of hydrogen-bond acceptors (Lipinski definition) is 6. The van der Waals surface area contributed by atoms with Crippen molar-refractivity contribution in [2.45, 2.75) is 39.4 Å². The standard InChI is InChI=1S/C14H19N7O/c1-4-12-15-5-10(6-16-12)17-14(22)11-7-21-9(2)18-19-13(21)8-20(11)3/h5-6,11H,4,7-8H2,1-3H3,(H,17,22). The van der Waals surface area contributed by atoms with Gasteiger partial charge < -0.3 is 9.88 Å². The Bertz CT molecular complexity index is 679. The number of likely N-dealkylation sites (N-methyl/N-ethyl adjacent to an activating group) is 1. The highest BCUT2D eigenvalue weighted by molar-refractivity contribution is 5.94. The molecular formula is C14H19N7O. The summed E-state index contributed by atoms with van der Waals surface area (Å²) in [7, 11) is 1.91. The second-order valence-electron chi connectivity index (χ2n) is 5.44. The van der Waals surface area contributed by atoms with Crippen LogP contribution in [0.25, 0.3) is 0 Å². The van der Waals surface area contributed by atoms with Crippen molar-refractivity contribution in [1.82, 2.24) is 29.6 Å². The molecule has 1 aliphatic rings. The fourth-order valence-corrected chi connectivity index (χ4v) is 2.54. The van der Waals surface area contributed by atoms with Crippen LogP contribution in [0, 0.1) is 6.92 Å². The first kappa shape index (κ1) is 14.6. The monoisotopic (exact) mass is 301 g/mol. The lowest BCUT2D eigenvalue weighted by Crippen LogP contribution is -2.48. The van der Waals surface area contributed by atoms with Gasteiger partial charge in [0.25, 0.3) is 0 Å². The lowest BCUT2D eigenvalue weighted by atomic mass is 10.2. The number of hydrogen-bond donors (Lipinski definition) is 1. The zero-order chi connectivity index (χ0) is 15.7. The molecule has 8 heteroatoms. The molecule has 0 aromatic carbocycles. The van der Waals surface area contributed by atoms with E-state index in [4.69, 9.17) is 0 Å². The highest BCUT2D eigenvalue weighted by atomic mass is 16.2. The van der Waals surface area contributed by atoms with E-state index >= 15 is 0 Å². The number of carbonyl (C=O) groups excluding carboxylic acids is 1. The zero-order valence-electron chi connectivity index (χ0n) is 12.9. The number of nitrogens with zero attached hydrogens (tertiary/aromatic N) is 6. The summed E-state index contributed by atoms with van der Waals surface area (Å²) in [6.07, 6.45) is 4.05. The van der Waals surface area contributed by atoms with Gasteiger partial charge in [0.15, 0.2) is 0 Å². The minimum atomic E-state index is -0.270. The van der Waals surface area contributed by atoms with Gasteiger partial charge in [-0.05, 0) is 14.0 Å². The van der Waals surface area contributed by atoms with Crippen molar-refractivity contribution < 1.29 is 4.79 Å². The largest absolute Gasteiger partial charge is 0.322 e. The van der Waals surface area contributed by atoms with Gasteiger partial charge in [-0.15, -0.1) is 10.2 Å². The lowest BCUT2D eigenvalue weighted by Gasteiger charge is -2.32. The van der Waals surface area contributed by atoms with E-state index in [1.165, 1.54) is 0 Å². The first-order chi connectivity index (χ1) is 10.6. The summed E-state index contributed by atoms with van der Waals surface area (Å²) in [5.74, 6) is 2.41. The quantitative estimate of drug-likeness (QED) is 0.882. The van der Waals surface area contributed by atoms with Gasteiger partial charge in [-0.25, -0.2) is 9.97 Å². The maximum Gasteiger partial charge on any atom is 0.243 e. The van der Waals surface area contributed by atoms with Gasteiger partial charge >= 0.3 is 0 Å². The average molecular weight is 301 g/mol. The third-order valence-electron chi connectivity index (χ3n) is 3.88. The first-order valence-electron chi connectivity index (χ1n) is 7.29. The SMILES string of the molecule is CCc1ncc(NC(=O)C2Cn3c(C)nnc3CN2C)cn1. The predicted octanol–water partition coefficient (Wildman–Crippen LogP) is 0.392. The third kappa shape index (κ3) is 2.69. The zero-order valence-corrected chi connectivity index (χ0v) is 12.9. The molecule has 3 heterocycles. The molecule has 0 saturated heterocycles. The molecule has 0 fully saturated rings. The fraction of sp³-hybridized carbons (Fsp3) is 0.500. The highest BCUT2D eigenvalue weighted by Gasteiger charge is 2.31. The number of aromatic nitrogens is 5. The molecule has 22 heavy (non-hydrogen) atoms. The van der Waals surface area contributed by atoms with Crippen molar-refractivity contribution in [2.24, 2.45) is 0 Å². The molecule has 1 atom stereocenters. The number of nitrogens with one attached hydrogen (secondary N) is 1. The number of carbonyl (C=O) groups is 1. The maximum absolute atomic E-state index is 12.5. The molecule has 0 aliphatic carbocycles. The summed E-state index contributed by atoms with van der Waals surface area (Å²) in [5, 5.41) is 11.1. The second kappa shape index (κ2) is 5.80. The van der Waals surface area contributed by atoms with E-state index < -0.39 is 0 Å². The Morgan fingerprint density at radius 2 is 2.09 bits per heavy atom. The minimum absolute atomic E-state index is 0.0749. The van der Waals surface area contributed by atoms with Gasteiger partial charge in [0.05, 0.1) is 31.2 Å². The van der Waals surface area contributed by atoms with Crippen LogP contribution in [-0.2, 0) is 24.3 Å². The van der Waals surface area contributed by atoms with E-state index in [-0.39, 0.29) is 11.9 Å². The Hall–Kier alpha value is -2.35. The smallest absolute Gasteiger partial charge is 0.243 e. The van der Waals surface area contributed by atoms with E-state index in [9.17, 15) is 4.79 Å². The van der Waals surface area contributed by atoms with Gasteiger partial charge in [-0.3, -0.25) is 9.69 Å². The Morgan fingerprint density at radius 1 is 1.36 bits per heavy atom. The first-order valence-corrected chi connectivity index (χ1v) is 7.29. The predicted molar refractivity (Wildman–Crippen MR) is 80.1 cm³/mol. The second-order valence-corrected chi connectivity index (χ2v) is 5.44. The summed E-state index contributed by atoms with van der Waals surface area (Å²) < 4.78 is 1.99. The van der Waals surface area contributed by atoms with E-state index in [2.05, 4.69) is 25.5 Å². The molecule has 1 unspecified atom stereocenters. The van der Waals surface area contributed by atoms with Crippen LogP contribution in [0.2, 0.25) is 0 Å². The van der Waals surface area contributed by atoms with Crippen LogP contribution in [0.1, 0.15) is 24.4 Å². The summed E-state index contributed by atoms with van der Waals surface area (Å²) in [5.41, 5.74) is 0.613. The molecule has 0 radical (unpaired) electrons. The van der Waals surface area contributed by atoms with Crippen molar-refractivity contribution in [3.63, 3.8) is 0 Å². The van der Waals surface area contributed by atoms with Crippen molar-refractivity contribution in [3.8, 4) is 0 Å². The summed E-state index contributed by atoms with van der Waals surface area (Å²) >= 11 is 0. The lowest BCUT2D eigenvalue weighted by molar-refractivity contribution is -0.122. The number of anilines is 1. The van der Waals surface area contributed by atoms with Crippen LogP contribution in [0.4, 0.5) is 5.69 Å². The summed E-state index contributed by atoms with van der Waals surface area (Å²) in [4.78, 5) is 22.9. The Labute approximate surface area is 128 Å². The fourth-order valence-electron chi connectivity index (χ4n) is 2.54.